The molecule has 0 unspecified atom stereocenters. The van der Waals surface area contributed by atoms with Crippen LogP contribution in [-0.2, 0) is 0 Å². The van der Waals surface area contributed by atoms with Crippen LogP contribution in [0.4, 0.5) is 0 Å². The van der Waals surface area contributed by atoms with Crippen LogP contribution >= 0.6 is 23.4 Å². The molecule has 1 aromatic rings. The van der Waals surface area contributed by atoms with Gasteiger partial charge in [-0.1, -0.05) is 11.6 Å². The first-order valence-corrected chi connectivity index (χ1v) is 7.37. The molecule has 4 nitrogen and oxygen atoms in total. The molecule has 2 heterocycles. The Balaban J connectivity index is 1.86. The van der Waals surface area contributed by atoms with Crippen LogP contribution in [0.3, 0.4) is 0 Å². The second-order valence-corrected chi connectivity index (χ2v) is 5.68. The van der Waals surface area contributed by atoms with E-state index < -0.39 is 0 Å². The maximum absolute atomic E-state index is 9.01. The summed E-state index contributed by atoms with van der Waals surface area (Å²) in [6.07, 6.45) is 2.10. The molecule has 0 aliphatic carbocycles. The minimum Gasteiger partial charge on any atom is -0.439 e. The minimum atomic E-state index is 0.430. The Bertz CT molecular complexity index is 565. The van der Waals surface area contributed by atoms with Crippen LogP contribution in [0.25, 0.3) is 0 Å². The molecule has 0 atom stereocenters. The zero-order chi connectivity index (χ0) is 13.2. The first kappa shape index (κ1) is 12.7. The van der Waals surface area contributed by atoms with Crippen molar-refractivity contribution in [1.29, 1.82) is 5.26 Å². The second-order valence-electron chi connectivity index (χ2n) is 4.42. The van der Waals surface area contributed by atoms with Crippen LogP contribution in [0.5, 0.6) is 5.75 Å². The Morgan fingerprint density at radius 2 is 2.32 bits per heavy atom. The fourth-order valence-electron chi connectivity index (χ4n) is 2.02. The number of ether oxygens (including phenoxy) is 1. The lowest BCUT2D eigenvalue weighted by molar-refractivity contribution is 0.301. The molecule has 0 bridgehead atoms. The molecule has 3 rings (SSSR count). The minimum absolute atomic E-state index is 0.430. The molecule has 0 radical (unpaired) electrons. The van der Waals surface area contributed by atoms with E-state index in [2.05, 4.69) is 11.5 Å². The molecule has 0 spiro atoms. The summed E-state index contributed by atoms with van der Waals surface area (Å²) < 4.78 is 5.88. The summed E-state index contributed by atoms with van der Waals surface area (Å²) in [7, 11) is 0. The molecule has 2 aliphatic heterocycles. The smallest absolute Gasteiger partial charge is 0.216 e. The second kappa shape index (κ2) is 5.33. The average molecular weight is 294 g/mol. The van der Waals surface area contributed by atoms with E-state index in [4.69, 9.17) is 21.6 Å². The van der Waals surface area contributed by atoms with E-state index in [1.165, 1.54) is 4.90 Å². The lowest BCUT2D eigenvalue weighted by Gasteiger charge is -2.29. The van der Waals surface area contributed by atoms with Crippen LogP contribution in [0, 0.1) is 11.5 Å². The summed E-state index contributed by atoms with van der Waals surface area (Å²) in [6.45, 7) is 1.87. The molecule has 19 heavy (non-hydrogen) atoms. The van der Waals surface area contributed by atoms with Crippen molar-refractivity contribution < 1.29 is 4.74 Å². The standard InChI is InChI=1S/C13H12ClN3OS/c14-10-1-2-12(11(3-10)9-4-16-5-9)18-13-6-19-8-17(13)7-15/h1-3,6,9,16H,4-5,8H2. The van der Waals surface area contributed by atoms with Crippen molar-refractivity contribution in [3.8, 4) is 11.9 Å². The normalized spacial score (nSPS) is 18.7. The van der Waals surface area contributed by atoms with E-state index in [9.17, 15) is 0 Å². The fraction of sp³-hybridized carbons (Fsp3) is 0.308. The van der Waals surface area contributed by atoms with Crippen molar-refractivity contribution in [3.05, 3.63) is 40.1 Å². The number of hydrogen-bond acceptors (Lipinski definition) is 5. The van der Waals surface area contributed by atoms with E-state index >= 15 is 0 Å². The van der Waals surface area contributed by atoms with Crippen molar-refractivity contribution in [3.63, 3.8) is 0 Å². The number of halogens is 1. The highest BCUT2D eigenvalue weighted by Gasteiger charge is 2.25. The van der Waals surface area contributed by atoms with Gasteiger partial charge in [-0.15, -0.1) is 11.8 Å². The SMILES string of the molecule is N#CN1CSC=C1Oc1ccc(Cl)cc1C1CNC1. The number of nitriles is 1. The lowest BCUT2D eigenvalue weighted by Crippen LogP contribution is -2.40. The summed E-state index contributed by atoms with van der Waals surface area (Å²) in [5.74, 6) is 2.41. The lowest BCUT2D eigenvalue weighted by atomic mass is 9.93. The quantitative estimate of drug-likeness (QED) is 0.868. The van der Waals surface area contributed by atoms with Gasteiger partial charge in [0.2, 0.25) is 5.88 Å². The van der Waals surface area contributed by atoms with Crippen LogP contribution in [-0.4, -0.2) is 23.9 Å². The Morgan fingerprint density at radius 1 is 1.47 bits per heavy atom. The molecule has 0 aromatic heterocycles. The average Bonchev–Trinajstić information content (AvgIpc) is 2.77. The van der Waals surface area contributed by atoms with E-state index in [0.717, 1.165) is 24.4 Å². The van der Waals surface area contributed by atoms with Gasteiger partial charge in [-0.05, 0) is 18.2 Å². The van der Waals surface area contributed by atoms with Crippen LogP contribution in [0.2, 0.25) is 5.02 Å². The summed E-state index contributed by atoms with van der Waals surface area (Å²) in [6, 6.07) is 5.63. The molecule has 1 N–H and O–H groups in total. The van der Waals surface area contributed by atoms with Gasteiger partial charge in [0, 0.05) is 35.0 Å². The number of thioether (sulfide) groups is 1. The van der Waals surface area contributed by atoms with Gasteiger partial charge in [-0.25, -0.2) is 4.90 Å². The molecular formula is C13H12ClN3OS. The molecule has 0 amide bonds. The molecule has 0 saturated carbocycles. The first-order valence-electron chi connectivity index (χ1n) is 5.95. The summed E-state index contributed by atoms with van der Waals surface area (Å²) in [5.41, 5.74) is 1.10. The third-order valence-corrected chi connectivity index (χ3v) is 4.19. The van der Waals surface area contributed by atoms with E-state index in [0.29, 0.717) is 22.7 Å². The van der Waals surface area contributed by atoms with Gasteiger partial charge in [0.15, 0.2) is 6.19 Å². The Morgan fingerprint density at radius 3 is 3.00 bits per heavy atom. The van der Waals surface area contributed by atoms with Gasteiger partial charge in [-0.2, -0.15) is 5.26 Å². The van der Waals surface area contributed by atoms with Crippen molar-refractivity contribution in [1.82, 2.24) is 10.2 Å². The van der Waals surface area contributed by atoms with Crippen LogP contribution < -0.4 is 10.1 Å². The molecule has 2 aliphatic rings. The number of hydrogen-bond donors (Lipinski definition) is 1. The van der Waals surface area contributed by atoms with Crippen molar-refractivity contribution in [2.75, 3.05) is 19.0 Å². The maximum atomic E-state index is 9.01. The van der Waals surface area contributed by atoms with Crippen LogP contribution in [0.1, 0.15) is 11.5 Å². The third-order valence-electron chi connectivity index (χ3n) is 3.18. The van der Waals surface area contributed by atoms with E-state index in [1.54, 1.807) is 11.8 Å². The Kier molecular flexibility index (Phi) is 3.56. The number of nitrogens with zero attached hydrogens (tertiary/aromatic N) is 2. The highest BCUT2D eigenvalue weighted by Crippen LogP contribution is 2.34. The zero-order valence-corrected chi connectivity index (χ0v) is 11.7. The van der Waals surface area contributed by atoms with Gasteiger partial charge in [0.25, 0.3) is 0 Å². The van der Waals surface area contributed by atoms with Crippen molar-refractivity contribution in [2.24, 2.45) is 0 Å². The molecule has 1 aromatic carbocycles. The summed E-state index contributed by atoms with van der Waals surface area (Å²) >= 11 is 7.61. The molecule has 1 saturated heterocycles. The largest absolute Gasteiger partial charge is 0.439 e. The Hall–Kier alpha value is -1.35. The Labute approximate surface area is 121 Å². The van der Waals surface area contributed by atoms with Gasteiger partial charge < -0.3 is 10.1 Å². The van der Waals surface area contributed by atoms with Crippen LogP contribution in [0.15, 0.2) is 29.5 Å². The first-order chi connectivity index (χ1) is 9.28. The molecule has 98 valence electrons. The van der Waals surface area contributed by atoms with Gasteiger partial charge in [0.1, 0.15) is 5.75 Å². The van der Waals surface area contributed by atoms with E-state index in [-0.39, 0.29) is 0 Å². The van der Waals surface area contributed by atoms with Crippen molar-refractivity contribution in [2.45, 2.75) is 5.92 Å². The molecule has 1 fully saturated rings. The monoisotopic (exact) mass is 293 g/mol. The molecular weight excluding hydrogens is 282 g/mol. The summed E-state index contributed by atoms with van der Waals surface area (Å²) in [5, 5.41) is 14.8. The van der Waals surface area contributed by atoms with E-state index in [1.807, 2.05) is 23.6 Å². The highest BCUT2D eigenvalue weighted by molar-refractivity contribution is 8.02. The maximum Gasteiger partial charge on any atom is 0.216 e. The predicted octanol–water partition coefficient (Wildman–Crippen LogP) is 2.69. The number of nitrogens with one attached hydrogen (secondary N) is 1. The number of benzene rings is 1. The fourth-order valence-corrected chi connectivity index (χ4v) is 2.93. The predicted molar refractivity (Wildman–Crippen MR) is 75.7 cm³/mol. The van der Waals surface area contributed by atoms with Gasteiger partial charge in [0.05, 0.1) is 5.88 Å². The highest BCUT2D eigenvalue weighted by atomic mass is 35.5. The van der Waals surface area contributed by atoms with Gasteiger partial charge >= 0.3 is 0 Å². The van der Waals surface area contributed by atoms with Gasteiger partial charge in [-0.3, -0.25) is 0 Å². The third kappa shape index (κ3) is 2.52. The zero-order valence-electron chi connectivity index (χ0n) is 10.1. The van der Waals surface area contributed by atoms with Crippen molar-refractivity contribution >= 4 is 23.4 Å². The number of rotatable bonds is 3. The topological polar surface area (TPSA) is 48.3 Å². The molecule has 6 heteroatoms. The summed E-state index contributed by atoms with van der Waals surface area (Å²) in [4.78, 5) is 1.53.